The quantitative estimate of drug-likeness (QED) is 0.853. The summed E-state index contributed by atoms with van der Waals surface area (Å²) in [6, 6.07) is 1.83. The highest BCUT2D eigenvalue weighted by atomic mass is 79.9. The van der Waals surface area contributed by atoms with Crippen molar-refractivity contribution in [1.82, 2.24) is 9.97 Å². The Morgan fingerprint density at radius 2 is 2.16 bits per heavy atom. The van der Waals surface area contributed by atoms with Crippen molar-refractivity contribution in [2.45, 2.75) is 31.6 Å². The number of hydrogen-bond acceptors (Lipinski definition) is 3. The molecule has 0 spiro atoms. The van der Waals surface area contributed by atoms with Crippen LogP contribution in [0.15, 0.2) is 20.7 Å². The van der Waals surface area contributed by atoms with Crippen molar-refractivity contribution in [2.75, 3.05) is 0 Å². The van der Waals surface area contributed by atoms with Gasteiger partial charge >= 0.3 is 0 Å². The van der Waals surface area contributed by atoms with Crippen LogP contribution in [0, 0.1) is 0 Å². The van der Waals surface area contributed by atoms with Gasteiger partial charge in [0.05, 0.1) is 15.6 Å². The number of halogens is 2. The van der Waals surface area contributed by atoms with Crippen LogP contribution < -0.4 is 5.56 Å². The number of aromatic amines is 1. The number of aromatic nitrogens is 2. The zero-order valence-electron chi connectivity index (χ0n) is 10.1. The summed E-state index contributed by atoms with van der Waals surface area (Å²) in [4.78, 5) is 20.4. The normalized spacial score (nSPS) is 16.1. The Hall–Kier alpha value is -0.650. The van der Waals surface area contributed by atoms with Crippen LogP contribution >= 0.6 is 38.9 Å². The second-order valence-corrected chi connectivity index (χ2v) is 6.86. The SMILES string of the molecule is O=c1[nH]c(-c2cc(Cl)cs2)nc(C2CCCC2)c1Br. The predicted molar refractivity (Wildman–Crippen MR) is 82.1 cm³/mol. The molecule has 0 radical (unpaired) electrons. The van der Waals surface area contributed by atoms with Crippen molar-refractivity contribution in [2.24, 2.45) is 0 Å². The molecule has 2 aromatic rings. The maximum absolute atomic E-state index is 12.0. The van der Waals surface area contributed by atoms with Gasteiger partial charge in [0.1, 0.15) is 4.47 Å². The first-order valence-electron chi connectivity index (χ1n) is 6.19. The fourth-order valence-corrected chi connectivity index (χ4v) is 4.03. The van der Waals surface area contributed by atoms with Gasteiger partial charge in [-0.15, -0.1) is 11.3 Å². The Morgan fingerprint density at radius 3 is 2.79 bits per heavy atom. The molecule has 1 aliphatic rings. The molecular weight excluding hydrogens is 348 g/mol. The lowest BCUT2D eigenvalue weighted by atomic mass is 10.0. The van der Waals surface area contributed by atoms with Gasteiger partial charge in [0.15, 0.2) is 5.82 Å². The second-order valence-electron chi connectivity index (χ2n) is 4.72. The number of H-pyrrole nitrogens is 1. The second kappa shape index (κ2) is 5.38. The molecule has 0 unspecified atom stereocenters. The number of rotatable bonds is 2. The van der Waals surface area contributed by atoms with Gasteiger partial charge in [-0.3, -0.25) is 4.79 Å². The van der Waals surface area contributed by atoms with E-state index < -0.39 is 0 Å². The molecule has 1 aliphatic carbocycles. The third-order valence-corrected chi connectivity index (χ3v) is 5.48. The van der Waals surface area contributed by atoms with Gasteiger partial charge in [0.2, 0.25) is 0 Å². The summed E-state index contributed by atoms with van der Waals surface area (Å²) in [6.07, 6.45) is 4.65. The van der Waals surface area contributed by atoms with Gasteiger partial charge < -0.3 is 4.98 Å². The van der Waals surface area contributed by atoms with Crippen molar-refractivity contribution >= 4 is 38.9 Å². The third-order valence-electron chi connectivity index (χ3n) is 3.43. The maximum Gasteiger partial charge on any atom is 0.265 e. The van der Waals surface area contributed by atoms with Crippen LogP contribution in [0.2, 0.25) is 5.02 Å². The van der Waals surface area contributed by atoms with E-state index >= 15 is 0 Å². The molecule has 3 rings (SSSR count). The van der Waals surface area contributed by atoms with E-state index in [-0.39, 0.29) is 5.56 Å². The smallest absolute Gasteiger partial charge is 0.265 e. The molecule has 3 nitrogen and oxygen atoms in total. The first kappa shape index (κ1) is 13.3. The average Bonchev–Trinajstić information content (AvgIpc) is 3.03. The lowest BCUT2D eigenvalue weighted by Crippen LogP contribution is -2.15. The number of thiophene rings is 1. The van der Waals surface area contributed by atoms with Gasteiger partial charge in [0.25, 0.3) is 5.56 Å². The van der Waals surface area contributed by atoms with E-state index in [1.807, 2.05) is 11.4 Å². The van der Waals surface area contributed by atoms with Gasteiger partial charge in [-0.25, -0.2) is 4.98 Å². The third kappa shape index (κ3) is 2.64. The predicted octanol–water partition coefficient (Wildman–Crippen LogP) is 4.57. The topological polar surface area (TPSA) is 45.8 Å². The highest BCUT2D eigenvalue weighted by Gasteiger charge is 2.23. The molecule has 0 aliphatic heterocycles. The first-order valence-corrected chi connectivity index (χ1v) is 8.24. The van der Waals surface area contributed by atoms with E-state index in [1.54, 1.807) is 0 Å². The fraction of sp³-hybridized carbons (Fsp3) is 0.385. The standard InChI is InChI=1S/C13H12BrClN2OS/c14-10-11(7-3-1-2-4-7)16-12(17-13(10)18)9-5-8(15)6-19-9/h5-7H,1-4H2,(H,16,17,18). The van der Waals surface area contributed by atoms with Crippen LogP contribution in [0.1, 0.15) is 37.3 Å². The molecular formula is C13H12BrClN2OS. The Bertz CT molecular complexity index is 661. The molecule has 1 fully saturated rings. The lowest BCUT2D eigenvalue weighted by molar-refractivity contribution is 0.688. The van der Waals surface area contributed by atoms with Crippen LogP contribution in [0.5, 0.6) is 0 Å². The molecule has 0 aromatic carbocycles. The Kier molecular flexibility index (Phi) is 3.78. The fourth-order valence-electron chi connectivity index (χ4n) is 2.50. The minimum absolute atomic E-state index is 0.114. The van der Waals surface area contributed by atoms with Crippen molar-refractivity contribution < 1.29 is 0 Å². The van der Waals surface area contributed by atoms with Gasteiger partial charge in [-0.2, -0.15) is 0 Å². The van der Waals surface area contributed by atoms with Gasteiger partial charge in [-0.1, -0.05) is 24.4 Å². The molecule has 6 heteroatoms. The van der Waals surface area contributed by atoms with Crippen LogP contribution in [-0.4, -0.2) is 9.97 Å². The van der Waals surface area contributed by atoms with E-state index in [9.17, 15) is 4.79 Å². The molecule has 2 aromatic heterocycles. The molecule has 0 atom stereocenters. The zero-order valence-corrected chi connectivity index (χ0v) is 13.2. The number of nitrogens with zero attached hydrogens (tertiary/aromatic N) is 1. The minimum atomic E-state index is -0.114. The molecule has 100 valence electrons. The summed E-state index contributed by atoms with van der Waals surface area (Å²) >= 11 is 10.8. The number of nitrogens with one attached hydrogen (secondary N) is 1. The summed E-state index contributed by atoms with van der Waals surface area (Å²) in [5.41, 5.74) is 0.775. The van der Waals surface area contributed by atoms with Gasteiger partial charge in [-0.05, 0) is 34.8 Å². The molecule has 0 amide bonds. The van der Waals surface area contributed by atoms with Crippen LogP contribution in [0.4, 0.5) is 0 Å². The summed E-state index contributed by atoms with van der Waals surface area (Å²) < 4.78 is 0.575. The summed E-state index contributed by atoms with van der Waals surface area (Å²) in [5, 5.41) is 2.52. The summed E-state index contributed by atoms with van der Waals surface area (Å²) in [7, 11) is 0. The maximum atomic E-state index is 12.0. The van der Waals surface area contributed by atoms with Crippen molar-refractivity contribution in [3.63, 3.8) is 0 Å². The van der Waals surface area contributed by atoms with Crippen molar-refractivity contribution in [3.05, 3.63) is 37.0 Å². The highest BCUT2D eigenvalue weighted by molar-refractivity contribution is 9.10. The van der Waals surface area contributed by atoms with E-state index in [0.717, 1.165) is 23.4 Å². The van der Waals surface area contributed by atoms with Gasteiger partial charge in [0, 0.05) is 11.3 Å². The zero-order chi connectivity index (χ0) is 13.4. The van der Waals surface area contributed by atoms with Crippen LogP contribution in [0.3, 0.4) is 0 Å². The minimum Gasteiger partial charge on any atom is -0.305 e. The monoisotopic (exact) mass is 358 g/mol. The first-order chi connectivity index (χ1) is 9.15. The Balaban J connectivity index is 2.09. The highest BCUT2D eigenvalue weighted by Crippen LogP contribution is 2.36. The summed E-state index contributed by atoms with van der Waals surface area (Å²) in [5.74, 6) is 1.01. The largest absolute Gasteiger partial charge is 0.305 e. The molecule has 1 saturated carbocycles. The molecule has 2 heterocycles. The van der Waals surface area contributed by atoms with E-state index in [0.29, 0.717) is 21.2 Å². The van der Waals surface area contributed by atoms with Crippen LogP contribution in [0.25, 0.3) is 10.7 Å². The van der Waals surface area contributed by atoms with Crippen molar-refractivity contribution in [3.8, 4) is 10.7 Å². The molecule has 0 saturated heterocycles. The van der Waals surface area contributed by atoms with Crippen molar-refractivity contribution in [1.29, 1.82) is 0 Å². The molecule has 1 N–H and O–H groups in total. The number of hydrogen-bond donors (Lipinski definition) is 1. The molecule has 19 heavy (non-hydrogen) atoms. The Labute approximate surface area is 128 Å². The average molecular weight is 360 g/mol. The van der Waals surface area contributed by atoms with E-state index in [4.69, 9.17) is 11.6 Å². The summed E-state index contributed by atoms with van der Waals surface area (Å²) in [6.45, 7) is 0. The van der Waals surface area contributed by atoms with Crippen LogP contribution in [-0.2, 0) is 0 Å². The Morgan fingerprint density at radius 1 is 1.42 bits per heavy atom. The van der Waals surface area contributed by atoms with E-state index in [1.165, 1.54) is 24.2 Å². The molecule has 0 bridgehead atoms. The van der Waals surface area contributed by atoms with E-state index in [2.05, 4.69) is 25.9 Å². The lowest BCUT2D eigenvalue weighted by Gasteiger charge is -2.11.